The molecule has 1 rings (SSSR count). The summed E-state index contributed by atoms with van der Waals surface area (Å²) in [4.78, 5) is 27.3. The van der Waals surface area contributed by atoms with Crippen LogP contribution in [0.25, 0.3) is 0 Å². The first kappa shape index (κ1) is 25.8. The Kier molecular flexibility index (Phi) is 16.1. The number of halogens is 1. The largest absolute Gasteiger partial charge is 0.438 e. The van der Waals surface area contributed by atoms with Gasteiger partial charge in [-0.05, 0) is 6.42 Å². The van der Waals surface area contributed by atoms with Crippen LogP contribution in [0.2, 0.25) is 0 Å². The van der Waals surface area contributed by atoms with Crippen molar-refractivity contribution in [1.29, 1.82) is 0 Å². The van der Waals surface area contributed by atoms with Crippen molar-refractivity contribution in [3.8, 4) is 0 Å². The second-order valence-corrected chi connectivity index (χ2v) is 7.41. The van der Waals surface area contributed by atoms with Crippen molar-refractivity contribution in [1.82, 2.24) is 9.80 Å². The minimum absolute atomic E-state index is 0. The highest BCUT2D eigenvalue weighted by Crippen LogP contribution is 2.12. The van der Waals surface area contributed by atoms with E-state index in [0.29, 0.717) is 13.1 Å². The lowest BCUT2D eigenvalue weighted by atomic mass is 10.0. The van der Waals surface area contributed by atoms with Crippen molar-refractivity contribution in [3.63, 3.8) is 0 Å². The van der Waals surface area contributed by atoms with Gasteiger partial charge in [-0.25, -0.2) is 4.79 Å². The van der Waals surface area contributed by atoms with Crippen LogP contribution in [0.5, 0.6) is 0 Å². The van der Waals surface area contributed by atoms with Gasteiger partial charge >= 0.3 is 5.97 Å². The fourth-order valence-electron chi connectivity index (χ4n) is 3.12. The summed E-state index contributed by atoms with van der Waals surface area (Å²) in [6, 6.07) is 0. The summed E-state index contributed by atoms with van der Waals surface area (Å²) in [5.74, 6) is -1.09. The number of unbranched alkanes of at least 4 members (excludes halogenated alkanes) is 11. The lowest BCUT2D eigenvalue weighted by Crippen LogP contribution is -2.28. The van der Waals surface area contributed by atoms with Crippen molar-refractivity contribution in [2.24, 2.45) is 0 Å². The maximum absolute atomic E-state index is 11.8. The van der Waals surface area contributed by atoms with E-state index >= 15 is 0 Å². The molecule has 1 aliphatic heterocycles. The van der Waals surface area contributed by atoms with Crippen molar-refractivity contribution < 1.29 is 14.3 Å². The van der Waals surface area contributed by atoms with Crippen LogP contribution in [-0.4, -0.2) is 42.0 Å². The second kappa shape index (κ2) is 16.9. The van der Waals surface area contributed by atoms with Crippen LogP contribution in [0.3, 0.4) is 0 Å². The SMILES string of the molecule is CCCCCCCCCCCCCCC(=O)C(=O)OCN1C=CN(C)C1.Cl. The number of esters is 1. The normalized spacial score (nSPS) is 13.0. The Labute approximate surface area is 171 Å². The first-order valence-electron chi connectivity index (χ1n) is 10.5. The molecule has 0 aromatic carbocycles. The van der Waals surface area contributed by atoms with E-state index in [-0.39, 0.29) is 19.1 Å². The van der Waals surface area contributed by atoms with Crippen LogP contribution in [0, 0.1) is 0 Å². The minimum atomic E-state index is -0.698. The molecule has 1 heterocycles. The van der Waals surface area contributed by atoms with Crippen molar-refractivity contribution in [3.05, 3.63) is 12.4 Å². The molecule has 0 saturated heterocycles. The molecule has 0 bridgehead atoms. The van der Waals surface area contributed by atoms with E-state index in [0.717, 1.165) is 19.3 Å². The Morgan fingerprint density at radius 2 is 1.37 bits per heavy atom. The second-order valence-electron chi connectivity index (χ2n) is 7.41. The summed E-state index contributed by atoms with van der Waals surface area (Å²) in [5, 5.41) is 0. The molecule has 27 heavy (non-hydrogen) atoms. The van der Waals surface area contributed by atoms with E-state index in [1.807, 2.05) is 29.2 Å². The monoisotopic (exact) mass is 402 g/mol. The highest BCUT2D eigenvalue weighted by molar-refractivity contribution is 6.33. The molecule has 0 spiro atoms. The summed E-state index contributed by atoms with van der Waals surface area (Å²) in [6.07, 6.45) is 19.1. The molecular weight excluding hydrogens is 364 g/mol. The van der Waals surface area contributed by atoms with Crippen molar-refractivity contribution in [2.45, 2.75) is 90.4 Å². The van der Waals surface area contributed by atoms with Gasteiger partial charge in [0.05, 0.1) is 6.67 Å². The lowest BCUT2D eigenvalue weighted by molar-refractivity contribution is -0.156. The third kappa shape index (κ3) is 13.6. The summed E-state index contributed by atoms with van der Waals surface area (Å²) in [5.41, 5.74) is 0. The molecule has 6 heteroatoms. The molecule has 0 aliphatic carbocycles. The Balaban J connectivity index is 0.00000676. The average Bonchev–Trinajstić information content (AvgIpc) is 3.05. The van der Waals surface area contributed by atoms with Crippen LogP contribution < -0.4 is 0 Å². The summed E-state index contributed by atoms with van der Waals surface area (Å²) in [6.45, 7) is 3.08. The fraction of sp³-hybridized carbons (Fsp3) is 0.810. The van der Waals surface area contributed by atoms with Gasteiger partial charge < -0.3 is 14.5 Å². The molecule has 0 atom stereocenters. The van der Waals surface area contributed by atoms with Crippen LogP contribution in [-0.2, 0) is 14.3 Å². The van der Waals surface area contributed by atoms with E-state index in [1.54, 1.807) is 0 Å². The molecule has 0 saturated carbocycles. The Morgan fingerprint density at radius 1 is 0.852 bits per heavy atom. The molecule has 0 N–H and O–H groups in total. The van der Waals surface area contributed by atoms with Gasteiger partial charge in [0.25, 0.3) is 0 Å². The summed E-state index contributed by atoms with van der Waals surface area (Å²) in [7, 11) is 1.94. The zero-order valence-electron chi connectivity index (χ0n) is 17.3. The number of nitrogens with zero attached hydrogens (tertiary/aromatic N) is 2. The first-order valence-corrected chi connectivity index (χ1v) is 10.5. The van der Waals surface area contributed by atoms with Gasteiger partial charge in [0.2, 0.25) is 5.78 Å². The van der Waals surface area contributed by atoms with Gasteiger partial charge in [-0.3, -0.25) is 4.79 Å². The van der Waals surface area contributed by atoms with E-state index in [2.05, 4.69) is 6.92 Å². The number of rotatable bonds is 16. The smallest absolute Gasteiger partial charge is 0.376 e. The van der Waals surface area contributed by atoms with E-state index in [1.165, 1.54) is 57.8 Å². The lowest BCUT2D eigenvalue weighted by Gasteiger charge is -2.17. The molecule has 0 aromatic rings. The molecular formula is C21H39ClN2O3. The number of carbonyl (C=O) groups excluding carboxylic acids is 2. The highest BCUT2D eigenvalue weighted by Gasteiger charge is 2.17. The van der Waals surface area contributed by atoms with Crippen LogP contribution in [0.15, 0.2) is 12.4 Å². The summed E-state index contributed by atoms with van der Waals surface area (Å²) < 4.78 is 5.05. The number of hydrogen-bond acceptors (Lipinski definition) is 5. The zero-order valence-corrected chi connectivity index (χ0v) is 18.1. The summed E-state index contributed by atoms with van der Waals surface area (Å²) >= 11 is 0. The van der Waals surface area contributed by atoms with Gasteiger partial charge in [-0.2, -0.15) is 0 Å². The van der Waals surface area contributed by atoms with E-state index < -0.39 is 11.8 Å². The fourth-order valence-corrected chi connectivity index (χ4v) is 3.12. The number of ketones is 1. The third-order valence-electron chi connectivity index (χ3n) is 4.78. The van der Waals surface area contributed by atoms with Gasteiger partial charge in [0.15, 0.2) is 6.73 Å². The quantitative estimate of drug-likeness (QED) is 0.200. The van der Waals surface area contributed by atoms with Crippen LogP contribution >= 0.6 is 12.4 Å². The number of Topliss-reactive ketones (excluding diaryl/α,β-unsaturated/α-hetero) is 1. The molecule has 158 valence electrons. The molecule has 0 fully saturated rings. The van der Waals surface area contributed by atoms with Gasteiger partial charge in [-0.1, -0.05) is 77.6 Å². The first-order chi connectivity index (χ1) is 12.6. The maximum Gasteiger partial charge on any atom is 0.376 e. The van der Waals surface area contributed by atoms with Gasteiger partial charge in [0, 0.05) is 25.9 Å². The third-order valence-corrected chi connectivity index (χ3v) is 4.78. The number of ether oxygens (including phenoxy) is 1. The zero-order chi connectivity index (χ0) is 19.0. The van der Waals surface area contributed by atoms with Gasteiger partial charge in [-0.15, -0.1) is 12.4 Å². The predicted octanol–water partition coefficient (Wildman–Crippen LogP) is 5.25. The Bertz CT molecular complexity index is 430. The van der Waals surface area contributed by atoms with Crippen LogP contribution in [0.1, 0.15) is 90.4 Å². The molecule has 1 aliphatic rings. The van der Waals surface area contributed by atoms with E-state index in [4.69, 9.17) is 4.74 Å². The average molecular weight is 403 g/mol. The van der Waals surface area contributed by atoms with Crippen molar-refractivity contribution in [2.75, 3.05) is 20.4 Å². The standard InChI is InChI=1S/C21H38N2O3.ClH/c1-3-4-5-6-7-8-9-10-11-12-13-14-15-20(24)21(25)26-19-23-17-16-22(2)18-23;/h16-17H,3-15,18-19H2,1-2H3;1H. The molecule has 5 nitrogen and oxygen atoms in total. The molecule has 0 unspecified atom stereocenters. The molecule has 0 radical (unpaired) electrons. The van der Waals surface area contributed by atoms with Crippen molar-refractivity contribution >= 4 is 24.2 Å². The Morgan fingerprint density at radius 3 is 1.85 bits per heavy atom. The molecule has 0 aromatic heterocycles. The number of carbonyl (C=O) groups is 2. The highest BCUT2D eigenvalue weighted by atomic mass is 35.5. The van der Waals surface area contributed by atoms with Crippen LogP contribution in [0.4, 0.5) is 0 Å². The number of hydrogen-bond donors (Lipinski definition) is 0. The topological polar surface area (TPSA) is 49.9 Å². The molecule has 0 amide bonds. The Hall–Kier alpha value is -1.23. The minimum Gasteiger partial charge on any atom is -0.438 e. The van der Waals surface area contributed by atoms with E-state index in [9.17, 15) is 9.59 Å². The van der Waals surface area contributed by atoms with Gasteiger partial charge in [0.1, 0.15) is 0 Å². The predicted molar refractivity (Wildman–Crippen MR) is 113 cm³/mol. The maximum atomic E-state index is 11.8.